The Labute approximate surface area is 176 Å². The van der Waals surface area contributed by atoms with Gasteiger partial charge in [0.05, 0.1) is 5.52 Å². The summed E-state index contributed by atoms with van der Waals surface area (Å²) in [5, 5.41) is 13.5. The summed E-state index contributed by atoms with van der Waals surface area (Å²) in [4.78, 5) is 29.4. The summed E-state index contributed by atoms with van der Waals surface area (Å²) < 4.78 is 5.85. The smallest absolute Gasteiger partial charge is 0.408 e. The summed E-state index contributed by atoms with van der Waals surface area (Å²) in [7, 11) is 0. The van der Waals surface area contributed by atoms with Gasteiger partial charge in [-0.3, -0.25) is 4.98 Å². The monoisotopic (exact) mass is 408 g/mol. The van der Waals surface area contributed by atoms with Crippen molar-refractivity contribution in [2.75, 3.05) is 0 Å². The van der Waals surface area contributed by atoms with Gasteiger partial charge >= 0.3 is 12.1 Å². The van der Waals surface area contributed by atoms with E-state index in [4.69, 9.17) is 4.74 Å². The lowest BCUT2D eigenvalue weighted by Gasteiger charge is -2.53. The predicted octanol–water partition coefficient (Wildman–Crippen LogP) is 4.17. The number of benzene rings is 1. The van der Waals surface area contributed by atoms with Gasteiger partial charge in [-0.15, -0.1) is 0 Å². The van der Waals surface area contributed by atoms with Crippen molar-refractivity contribution in [3.05, 3.63) is 42.1 Å². The minimum absolute atomic E-state index is 0.0744. The maximum atomic E-state index is 12.7. The van der Waals surface area contributed by atoms with Crippen LogP contribution in [0.4, 0.5) is 4.79 Å². The number of carbonyl (C=O) groups excluding carboxylic acids is 1. The molecule has 2 N–H and O–H groups in total. The molecular weight excluding hydrogens is 380 g/mol. The van der Waals surface area contributed by atoms with Crippen molar-refractivity contribution >= 4 is 23.0 Å². The molecule has 1 aromatic carbocycles. The van der Waals surface area contributed by atoms with Crippen molar-refractivity contribution < 1.29 is 19.4 Å². The van der Waals surface area contributed by atoms with Crippen LogP contribution in [0.5, 0.6) is 0 Å². The zero-order valence-electron chi connectivity index (χ0n) is 17.2. The molecule has 0 unspecified atom stereocenters. The number of aliphatic carboxylic acids is 1. The fourth-order valence-corrected chi connectivity index (χ4v) is 6.19. The maximum absolute atomic E-state index is 12.7. The molecule has 0 aliphatic heterocycles. The number of carboxylic acid groups (broad SMARTS) is 1. The van der Waals surface area contributed by atoms with E-state index in [9.17, 15) is 14.7 Å². The Balaban J connectivity index is 1.29. The summed E-state index contributed by atoms with van der Waals surface area (Å²) in [5.74, 6) is 1.35. The van der Waals surface area contributed by atoms with Crippen molar-refractivity contribution in [2.24, 2.45) is 23.7 Å². The van der Waals surface area contributed by atoms with E-state index >= 15 is 0 Å². The number of carboxylic acids is 1. The summed E-state index contributed by atoms with van der Waals surface area (Å²) >= 11 is 0. The molecule has 1 aromatic heterocycles. The van der Waals surface area contributed by atoms with Crippen LogP contribution < -0.4 is 5.32 Å². The van der Waals surface area contributed by atoms with Gasteiger partial charge in [0.15, 0.2) is 0 Å². The molecule has 0 radical (unpaired) electrons. The summed E-state index contributed by atoms with van der Waals surface area (Å²) in [6, 6.07) is 11.4. The Morgan fingerprint density at radius 3 is 2.40 bits per heavy atom. The van der Waals surface area contributed by atoms with Gasteiger partial charge in [-0.2, -0.15) is 0 Å². The van der Waals surface area contributed by atoms with Crippen LogP contribution in [0.15, 0.2) is 36.4 Å². The van der Waals surface area contributed by atoms with Gasteiger partial charge in [0.25, 0.3) is 0 Å². The molecule has 4 aliphatic carbocycles. The first-order valence-electron chi connectivity index (χ1n) is 11.0. The van der Waals surface area contributed by atoms with Crippen LogP contribution in [-0.4, -0.2) is 33.8 Å². The number of rotatable bonds is 5. The Kier molecular flexibility index (Phi) is 4.68. The summed E-state index contributed by atoms with van der Waals surface area (Å²) in [6.07, 6.45) is 5.29. The molecule has 6 nitrogen and oxygen atoms in total. The normalized spacial score (nSPS) is 31.3. The molecule has 6 heteroatoms. The molecule has 0 spiro atoms. The number of nitrogens with zero attached hydrogens (tertiary/aromatic N) is 1. The first kappa shape index (κ1) is 19.3. The van der Waals surface area contributed by atoms with Gasteiger partial charge in [0.2, 0.25) is 0 Å². The van der Waals surface area contributed by atoms with Crippen LogP contribution in [0.25, 0.3) is 10.9 Å². The molecule has 4 saturated carbocycles. The lowest BCUT2D eigenvalue weighted by Crippen LogP contribution is -2.56. The van der Waals surface area contributed by atoms with Crippen LogP contribution in [0.2, 0.25) is 0 Å². The SMILES string of the molecule is C[C@@](Cc1ccc2ccccc2n1)(NC(=O)OC1C2CC3CC(C2)CC1C3)C(=O)O. The molecule has 4 bridgehead atoms. The van der Waals surface area contributed by atoms with Crippen LogP contribution >= 0.6 is 0 Å². The van der Waals surface area contributed by atoms with E-state index in [0.29, 0.717) is 17.5 Å². The topological polar surface area (TPSA) is 88.5 Å². The average molecular weight is 408 g/mol. The second-order valence-corrected chi connectivity index (χ2v) is 9.73. The molecule has 2 aromatic rings. The van der Waals surface area contributed by atoms with Gasteiger partial charge in [-0.05, 0) is 74.8 Å². The Morgan fingerprint density at radius 2 is 1.73 bits per heavy atom. The van der Waals surface area contributed by atoms with Crippen LogP contribution in [0.1, 0.15) is 44.7 Å². The average Bonchev–Trinajstić information content (AvgIpc) is 2.70. The molecule has 1 atom stereocenters. The minimum Gasteiger partial charge on any atom is -0.480 e. The molecule has 0 saturated heterocycles. The number of ether oxygens (including phenoxy) is 1. The van der Waals surface area contributed by atoms with E-state index in [1.807, 2.05) is 36.4 Å². The summed E-state index contributed by atoms with van der Waals surface area (Å²) in [6.45, 7) is 1.52. The Morgan fingerprint density at radius 1 is 1.07 bits per heavy atom. The molecule has 1 amide bonds. The van der Waals surface area contributed by atoms with Gasteiger partial charge in [0.1, 0.15) is 11.6 Å². The van der Waals surface area contributed by atoms with E-state index in [1.165, 1.54) is 13.3 Å². The van der Waals surface area contributed by atoms with Gasteiger partial charge < -0.3 is 15.2 Å². The second kappa shape index (κ2) is 7.25. The number of hydrogen-bond donors (Lipinski definition) is 2. The first-order valence-corrected chi connectivity index (χ1v) is 11.0. The van der Waals surface area contributed by atoms with Crippen LogP contribution in [0.3, 0.4) is 0 Å². The third-order valence-electron chi connectivity index (χ3n) is 7.42. The molecule has 30 heavy (non-hydrogen) atoms. The van der Waals surface area contributed by atoms with E-state index in [0.717, 1.165) is 48.4 Å². The fourth-order valence-electron chi connectivity index (χ4n) is 6.19. The Bertz CT molecular complexity index is 962. The zero-order chi connectivity index (χ0) is 20.9. The zero-order valence-corrected chi connectivity index (χ0v) is 17.2. The number of amides is 1. The van der Waals surface area contributed by atoms with E-state index in [-0.39, 0.29) is 12.5 Å². The quantitative estimate of drug-likeness (QED) is 0.775. The van der Waals surface area contributed by atoms with E-state index in [2.05, 4.69) is 10.3 Å². The van der Waals surface area contributed by atoms with E-state index < -0.39 is 17.6 Å². The number of hydrogen-bond acceptors (Lipinski definition) is 4. The van der Waals surface area contributed by atoms with Gasteiger partial charge in [0, 0.05) is 17.5 Å². The molecule has 1 heterocycles. The highest BCUT2D eigenvalue weighted by atomic mass is 16.6. The van der Waals surface area contributed by atoms with Gasteiger partial charge in [-0.25, -0.2) is 9.59 Å². The lowest BCUT2D eigenvalue weighted by atomic mass is 9.55. The third-order valence-corrected chi connectivity index (χ3v) is 7.42. The van der Waals surface area contributed by atoms with Crippen molar-refractivity contribution in [2.45, 2.75) is 57.1 Å². The predicted molar refractivity (Wildman–Crippen MR) is 112 cm³/mol. The molecule has 6 rings (SSSR count). The number of carbonyl (C=O) groups is 2. The minimum atomic E-state index is -1.49. The highest BCUT2D eigenvalue weighted by molar-refractivity contribution is 5.84. The second-order valence-electron chi connectivity index (χ2n) is 9.73. The van der Waals surface area contributed by atoms with Crippen LogP contribution in [-0.2, 0) is 16.0 Å². The number of para-hydroxylation sites is 1. The fraction of sp³-hybridized carbons (Fsp3) is 0.542. The Hall–Kier alpha value is -2.63. The molecular formula is C24H28N2O4. The van der Waals surface area contributed by atoms with Crippen molar-refractivity contribution in [3.8, 4) is 0 Å². The largest absolute Gasteiger partial charge is 0.480 e. The van der Waals surface area contributed by atoms with Crippen LogP contribution in [0, 0.1) is 23.7 Å². The first-order chi connectivity index (χ1) is 14.4. The number of alkyl carbamates (subject to hydrolysis) is 1. The lowest BCUT2D eigenvalue weighted by molar-refractivity contribution is -0.144. The third kappa shape index (κ3) is 3.53. The number of aromatic nitrogens is 1. The van der Waals surface area contributed by atoms with Gasteiger partial charge in [-0.1, -0.05) is 24.3 Å². The molecule has 158 valence electrons. The number of nitrogens with one attached hydrogen (secondary N) is 1. The highest BCUT2D eigenvalue weighted by Crippen LogP contribution is 2.54. The summed E-state index contributed by atoms with van der Waals surface area (Å²) in [5.41, 5.74) is -0.0641. The maximum Gasteiger partial charge on any atom is 0.408 e. The molecule has 4 aliphatic rings. The van der Waals surface area contributed by atoms with Crippen molar-refractivity contribution in [1.29, 1.82) is 0 Å². The number of pyridine rings is 1. The van der Waals surface area contributed by atoms with E-state index in [1.54, 1.807) is 0 Å². The number of fused-ring (bicyclic) bond motifs is 1. The molecule has 4 fully saturated rings. The standard InChI is InChI=1S/C24H28N2O4/c1-24(22(27)28,13-19-7-6-16-4-2-3-5-20(16)25-19)26-23(29)30-21-17-9-14-8-15(11-17)12-18(21)10-14/h2-7,14-15,17-18,21H,8-13H2,1H3,(H,26,29)(H,27,28)/t14?,15?,17?,18?,21?,24-/m0/s1. The van der Waals surface area contributed by atoms with Crippen molar-refractivity contribution in [1.82, 2.24) is 10.3 Å². The highest BCUT2D eigenvalue weighted by Gasteiger charge is 2.50. The van der Waals surface area contributed by atoms with Crippen molar-refractivity contribution in [3.63, 3.8) is 0 Å².